The Kier molecular flexibility index (Phi) is 16.5. The van der Waals surface area contributed by atoms with Crippen LogP contribution in [0.5, 0.6) is 0 Å². The molecule has 14 heteroatoms. The number of hydrogen-bond acceptors (Lipinski definition) is 13. The largest absolute Gasteiger partial charge is 0.465 e. The van der Waals surface area contributed by atoms with Crippen LogP contribution in [0.4, 0.5) is 4.79 Å². The molecule has 300 valence electrons. The lowest BCUT2D eigenvalue weighted by Crippen LogP contribution is -2.52. The van der Waals surface area contributed by atoms with E-state index in [0.717, 1.165) is 0 Å². The first kappa shape index (κ1) is 44.1. The van der Waals surface area contributed by atoms with Crippen molar-refractivity contribution in [3.8, 4) is 0 Å². The molecule has 3 N–H and O–H groups in total. The number of esters is 3. The Morgan fingerprint density at radius 2 is 1.83 bits per heavy atom. The minimum atomic E-state index is -1.38. The van der Waals surface area contributed by atoms with Crippen LogP contribution in [-0.2, 0) is 38.1 Å². The third-order valence-electron chi connectivity index (χ3n) is 10.2. The second kappa shape index (κ2) is 19.9. The van der Waals surface area contributed by atoms with Gasteiger partial charge in [-0.15, -0.1) is 0 Å². The molecular weight excluding hydrogens is 688 g/mol. The summed E-state index contributed by atoms with van der Waals surface area (Å²) in [6.45, 7) is 15.7. The molecule has 0 aromatic rings. The van der Waals surface area contributed by atoms with Crippen LogP contribution in [0.2, 0.25) is 0 Å². The van der Waals surface area contributed by atoms with Gasteiger partial charge in [0.15, 0.2) is 6.10 Å². The summed E-state index contributed by atoms with van der Waals surface area (Å²) in [6.07, 6.45) is 4.97. The van der Waals surface area contributed by atoms with Crippen LogP contribution < -0.4 is 0 Å². The number of carbonyl (C=O) groups is 4. The van der Waals surface area contributed by atoms with Gasteiger partial charge in [0.05, 0.1) is 49.6 Å². The van der Waals surface area contributed by atoms with E-state index in [-0.39, 0.29) is 49.9 Å². The molecule has 3 aliphatic heterocycles. The van der Waals surface area contributed by atoms with E-state index in [9.17, 15) is 34.5 Å². The highest BCUT2D eigenvalue weighted by Crippen LogP contribution is 2.38. The van der Waals surface area contributed by atoms with Crippen molar-refractivity contribution in [3.63, 3.8) is 0 Å². The highest BCUT2D eigenvalue weighted by Gasteiger charge is 2.47. The normalized spacial score (nSPS) is 31.9. The summed E-state index contributed by atoms with van der Waals surface area (Å²) in [5, 5.41) is 32.1. The predicted molar refractivity (Wildman–Crippen MR) is 195 cm³/mol. The minimum absolute atomic E-state index is 0.0365. The van der Waals surface area contributed by atoms with E-state index < -0.39 is 59.6 Å². The van der Waals surface area contributed by atoms with Crippen LogP contribution in [0.15, 0.2) is 36.0 Å². The topological polar surface area (TPSA) is 185 Å². The summed E-state index contributed by atoms with van der Waals surface area (Å²) in [5.74, 6) is -2.03. The van der Waals surface area contributed by atoms with E-state index in [0.29, 0.717) is 51.2 Å². The molecular formula is C39H62N2O12. The minimum Gasteiger partial charge on any atom is -0.465 e. The Bertz CT molecular complexity index is 1340. The van der Waals surface area contributed by atoms with Crippen molar-refractivity contribution in [2.75, 3.05) is 39.3 Å². The number of epoxide rings is 1. The lowest BCUT2D eigenvalue weighted by molar-refractivity contribution is -0.168. The van der Waals surface area contributed by atoms with Gasteiger partial charge in [0, 0.05) is 51.4 Å². The fourth-order valence-electron chi connectivity index (χ4n) is 6.89. The number of piperazine rings is 1. The van der Waals surface area contributed by atoms with E-state index in [1.807, 2.05) is 25.7 Å². The maximum atomic E-state index is 13.5. The van der Waals surface area contributed by atoms with Gasteiger partial charge in [0.25, 0.3) is 0 Å². The van der Waals surface area contributed by atoms with Crippen LogP contribution in [0.1, 0.15) is 87.5 Å². The monoisotopic (exact) mass is 750 g/mol. The number of rotatable bonds is 13. The van der Waals surface area contributed by atoms with E-state index in [1.54, 1.807) is 58.1 Å². The van der Waals surface area contributed by atoms with Crippen LogP contribution in [0.25, 0.3) is 0 Å². The van der Waals surface area contributed by atoms with Gasteiger partial charge in [-0.25, -0.2) is 4.79 Å². The van der Waals surface area contributed by atoms with Crippen molar-refractivity contribution in [1.29, 1.82) is 0 Å². The summed E-state index contributed by atoms with van der Waals surface area (Å²) in [6, 6.07) is 0. The van der Waals surface area contributed by atoms with Gasteiger partial charge < -0.3 is 43.9 Å². The van der Waals surface area contributed by atoms with Gasteiger partial charge in [0.2, 0.25) is 0 Å². The van der Waals surface area contributed by atoms with Crippen molar-refractivity contribution in [1.82, 2.24) is 9.80 Å². The van der Waals surface area contributed by atoms with Gasteiger partial charge >= 0.3 is 24.0 Å². The maximum absolute atomic E-state index is 13.5. The molecule has 2 saturated heterocycles. The number of aliphatic hydroxyl groups is 3. The Hall–Kier alpha value is -3.30. The molecule has 0 spiro atoms. The summed E-state index contributed by atoms with van der Waals surface area (Å²) in [7, 11) is 0. The van der Waals surface area contributed by atoms with Crippen LogP contribution in [0, 0.1) is 11.8 Å². The number of carbonyl (C=O) groups excluding carboxylic acids is 4. The SMILES string of the molecule is CCOC(=O)CN1CCN(C(=O)O[C@H]2/C=C/[C@H](C)[C@@H](/C(C)=C/C=C/[C@](C)(O)C[C@H]3O[C@@H]3[C@H](C)[C@@H](O)CC)OC(=O)C[C@H](O)CC[C@@]2(C)OC(C)=O)CC1. The Morgan fingerprint density at radius 1 is 1.15 bits per heavy atom. The average molecular weight is 751 g/mol. The first-order chi connectivity index (χ1) is 24.9. The molecule has 0 bridgehead atoms. The smallest absolute Gasteiger partial charge is 0.410 e. The predicted octanol–water partition coefficient (Wildman–Crippen LogP) is 3.46. The molecule has 0 unspecified atom stereocenters. The van der Waals surface area contributed by atoms with E-state index in [2.05, 4.69) is 0 Å². The zero-order valence-corrected chi connectivity index (χ0v) is 32.7. The van der Waals surface area contributed by atoms with Crippen LogP contribution in [0.3, 0.4) is 0 Å². The van der Waals surface area contributed by atoms with Crippen molar-refractivity contribution in [2.24, 2.45) is 11.8 Å². The molecule has 1 amide bonds. The van der Waals surface area contributed by atoms with Crippen molar-refractivity contribution >= 4 is 24.0 Å². The van der Waals surface area contributed by atoms with Gasteiger partial charge in [-0.3, -0.25) is 19.3 Å². The molecule has 0 aliphatic carbocycles. The Morgan fingerprint density at radius 3 is 2.45 bits per heavy atom. The lowest BCUT2D eigenvalue weighted by atomic mass is 9.88. The number of hydrogen-bond donors (Lipinski definition) is 3. The number of ether oxygens (including phenoxy) is 5. The second-order valence-electron chi connectivity index (χ2n) is 15.1. The van der Waals surface area contributed by atoms with Gasteiger partial charge in [0.1, 0.15) is 11.7 Å². The standard InChI is InChI=1S/C39H62N2O12/c1-9-30(44)27(5)36-31(50-36)23-38(7,48)16-11-12-25(3)35-26(4)13-14-32(39(8,53-28(6)42)17-15-29(43)22-33(45)52-35)51-37(47)41-20-18-40(19-21-41)24-34(46)49-10-2/h11-14,16,26-27,29-32,35-36,43-44,48H,9-10,15,17-24H2,1-8H3/b14-13+,16-11+,25-12+/t26-,27+,29+,30-,31+,32-,35+,36+,38-,39+/m0/s1. The van der Waals surface area contributed by atoms with Crippen molar-refractivity contribution in [2.45, 2.75) is 135 Å². The zero-order chi connectivity index (χ0) is 39.5. The molecule has 3 aliphatic rings. The molecule has 53 heavy (non-hydrogen) atoms. The molecule has 2 fully saturated rings. The molecule has 3 heterocycles. The average Bonchev–Trinajstić information content (AvgIpc) is 3.84. The fourth-order valence-corrected chi connectivity index (χ4v) is 6.89. The summed E-state index contributed by atoms with van der Waals surface area (Å²) in [5.41, 5.74) is -1.91. The fraction of sp³-hybridized carbons (Fsp3) is 0.744. The highest BCUT2D eigenvalue weighted by molar-refractivity contribution is 5.72. The van der Waals surface area contributed by atoms with Crippen molar-refractivity contribution in [3.05, 3.63) is 36.0 Å². The van der Waals surface area contributed by atoms with Gasteiger partial charge in [-0.1, -0.05) is 45.1 Å². The van der Waals surface area contributed by atoms with Gasteiger partial charge in [-0.2, -0.15) is 0 Å². The number of amides is 1. The Labute approximate surface area is 314 Å². The van der Waals surface area contributed by atoms with Crippen LogP contribution >= 0.6 is 0 Å². The maximum Gasteiger partial charge on any atom is 0.410 e. The van der Waals surface area contributed by atoms with Gasteiger partial charge in [-0.05, 0) is 58.6 Å². The second-order valence-corrected chi connectivity index (χ2v) is 15.1. The number of cyclic esters (lactones) is 1. The molecule has 14 nitrogen and oxygen atoms in total. The number of nitrogens with zero attached hydrogens (tertiary/aromatic N) is 2. The molecule has 0 saturated carbocycles. The molecule has 0 aromatic heterocycles. The van der Waals surface area contributed by atoms with Crippen LogP contribution in [-0.4, -0.2) is 136 Å². The molecule has 10 atom stereocenters. The summed E-state index contributed by atoms with van der Waals surface area (Å²) < 4.78 is 28.5. The quantitative estimate of drug-likeness (QED) is 0.0819. The third kappa shape index (κ3) is 13.8. The summed E-state index contributed by atoms with van der Waals surface area (Å²) >= 11 is 0. The first-order valence-corrected chi connectivity index (χ1v) is 18.9. The van der Waals surface area contributed by atoms with E-state index >= 15 is 0 Å². The first-order valence-electron chi connectivity index (χ1n) is 18.9. The zero-order valence-electron chi connectivity index (χ0n) is 32.7. The number of allylic oxidation sites excluding steroid dienone is 2. The van der Waals surface area contributed by atoms with E-state index in [4.69, 9.17) is 23.7 Å². The van der Waals surface area contributed by atoms with Crippen molar-refractivity contribution < 1.29 is 58.2 Å². The third-order valence-corrected chi connectivity index (χ3v) is 10.2. The lowest BCUT2D eigenvalue weighted by Gasteiger charge is -2.38. The number of aliphatic hydroxyl groups excluding tert-OH is 2. The Balaban J connectivity index is 1.80. The highest BCUT2D eigenvalue weighted by atomic mass is 16.6. The molecule has 3 rings (SSSR count). The molecule has 0 radical (unpaired) electrons. The molecule has 0 aromatic carbocycles. The summed E-state index contributed by atoms with van der Waals surface area (Å²) in [4.78, 5) is 54.2. The van der Waals surface area contributed by atoms with E-state index in [1.165, 1.54) is 11.8 Å².